The van der Waals surface area contributed by atoms with Crippen LogP contribution >= 0.6 is 35.0 Å². The second kappa shape index (κ2) is 7.34. The van der Waals surface area contributed by atoms with E-state index in [0.717, 1.165) is 11.3 Å². The van der Waals surface area contributed by atoms with Crippen molar-refractivity contribution in [1.29, 1.82) is 0 Å². The summed E-state index contributed by atoms with van der Waals surface area (Å²) in [5, 5.41) is 1.10. The molecule has 5 heteroatoms. The van der Waals surface area contributed by atoms with Crippen LogP contribution in [0.1, 0.15) is 17.2 Å². The van der Waals surface area contributed by atoms with Crippen molar-refractivity contribution in [2.24, 2.45) is 5.84 Å². The number of rotatable bonds is 5. The number of aryl methyl sites for hydroxylation is 1. The van der Waals surface area contributed by atoms with E-state index in [1.807, 2.05) is 24.3 Å². The molecule has 0 bridgehead atoms. The summed E-state index contributed by atoms with van der Waals surface area (Å²) < 4.78 is 0. The summed E-state index contributed by atoms with van der Waals surface area (Å²) in [5.74, 6) is 6.47. The number of hydrazine groups is 1. The second-order valence-corrected chi connectivity index (χ2v) is 6.35. The van der Waals surface area contributed by atoms with Gasteiger partial charge in [-0.15, -0.1) is 11.8 Å². The Morgan fingerprint density at radius 3 is 2.55 bits per heavy atom. The van der Waals surface area contributed by atoms with Gasteiger partial charge >= 0.3 is 0 Å². The summed E-state index contributed by atoms with van der Waals surface area (Å²) in [6.45, 7) is 2.10. The normalized spacial score (nSPS) is 12.4. The minimum atomic E-state index is 0.0226. The maximum Gasteiger partial charge on any atom is 0.0595 e. The summed E-state index contributed by atoms with van der Waals surface area (Å²) in [4.78, 5) is 1.26. The number of thioether (sulfide) groups is 1. The van der Waals surface area contributed by atoms with Gasteiger partial charge in [0.25, 0.3) is 0 Å². The lowest BCUT2D eigenvalue weighted by Crippen LogP contribution is -2.29. The van der Waals surface area contributed by atoms with Crippen LogP contribution in [0.2, 0.25) is 10.0 Å². The first-order chi connectivity index (χ1) is 9.61. The Bertz CT molecular complexity index is 590. The zero-order valence-corrected chi connectivity index (χ0v) is 13.4. The van der Waals surface area contributed by atoms with Crippen LogP contribution in [0, 0.1) is 6.92 Å². The molecule has 2 rings (SSSR count). The fraction of sp³-hybridized carbons (Fsp3) is 0.200. The third-order valence-electron chi connectivity index (χ3n) is 3.05. The van der Waals surface area contributed by atoms with Crippen LogP contribution < -0.4 is 11.3 Å². The van der Waals surface area contributed by atoms with Crippen LogP contribution in [0.25, 0.3) is 0 Å². The minimum Gasteiger partial charge on any atom is -0.271 e. The lowest BCUT2D eigenvalue weighted by Gasteiger charge is -2.17. The first-order valence-corrected chi connectivity index (χ1v) is 7.95. The highest BCUT2D eigenvalue weighted by molar-refractivity contribution is 7.99. The standard InChI is InChI=1S/C15H16Cl2N2S/c1-10-4-2-3-5-15(10)20-9-14(19-18)11-6-7-12(16)13(17)8-11/h2-8,14,19H,9,18H2,1H3. The third kappa shape index (κ3) is 3.90. The summed E-state index contributed by atoms with van der Waals surface area (Å²) in [7, 11) is 0. The van der Waals surface area contributed by atoms with Gasteiger partial charge in [-0.05, 0) is 36.2 Å². The second-order valence-electron chi connectivity index (χ2n) is 4.47. The molecule has 1 unspecified atom stereocenters. The monoisotopic (exact) mass is 326 g/mol. The largest absolute Gasteiger partial charge is 0.271 e. The minimum absolute atomic E-state index is 0.0226. The number of hydrogen-bond acceptors (Lipinski definition) is 3. The molecule has 0 heterocycles. The number of benzene rings is 2. The van der Waals surface area contributed by atoms with Gasteiger partial charge in [0, 0.05) is 10.6 Å². The van der Waals surface area contributed by atoms with E-state index in [2.05, 4.69) is 24.5 Å². The molecule has 0 amide bonds. The molecule has 0 spiro atoms. The summed E-state index contributed by atoms with van der Waals surface area (Å²) in [5.41, 5.74) is 5.13. The van der Waals surface area contributed by atoms with E-state index in [-0.39, 0.29) is 6.04 Å². The van der Waals surface area contributed by atoms with Crippen LogP contribution in [-0.4, -0.2) is 5.75 Å². The topological polar surface area (TPSA) is 38.0 Å². The molecule has 3 N–H and O–H groups in total. The predicted molar refractivity (Wildman–Crippen MR) is 88.4 cm³/mol. The molecule has 0 fully saturated rings. The number of halogens is 2. The Morgan fingerprint density at radius 1 is 1.15 bits per heavy atom. The highest BCUT2D eigenvalue weighted by Gasteiger charge is 2.12. The van der Waals surface area contributed by atoms with E-state index in [0.29, 0.717) is 10.0 Å². The molecule has 0 saturated heterocycles. The van der Waals surface area contributed by atoms with Crippen LogP contribution in [0.15, 0.2) is 47.4 Å². The predicted octanol–water partition coefficient (Wildman–Crippen LogP) is 4.60. The number of nitrogens with one attached hydrogen (secondary N) is 1. The van der Waals surface area contributed by atoms with Crippen LogP contribution in [0.3, 0.4) is 0 Å². The summed E-state index contributed by atoms with van der Waals surface area (Å²) >= 11 is 13.7. The molecule has 0 aromatic heterocycles. The zero-order chi connectivity index (χ0) is 14.5. The average Bonchev–Trinajstić information content (AvgIpc) is 2.45. The molecule has 1 atom stereocenters. The van der Waals surface area contributed by atoms with Gasteiger partial charge in [0.05, 0.1) is 16.1 Å². The maximum absolute atomic E-state index is 6.05. The van der Waals surface area contributed by atoms with Gasteiger partial charge < -0.3 is 0 Å². The van der Waals surface area contributed by atoms with Crippen molar-refractivity contribution < 1.29 is 0 Å². The summed E-state index contributed by atoms with van der Waals surface area (Å²) in [6, 6.07) is 13.9. The SMILES string of the molecule is Cc1ccccc1SCC(NN)c1ccc(Cl)c(Cl)c1. The quantitative estimate of drug-likeness (QED) is 0.479. The summed E-state index contributed by atoms with van der Waals surface area (Å²) in [6.07, 6.45) is 0. The van der Waals surface area contributed by atoms with Crippen molar-refractivity contribution in [2.45, 2.75) is 17.9 Å². The van der Waals surface area contributed by atoms with Gasteiger partial charge in [0.2, 0.25) is 0 Å². The van der Waals surface area contributed by atoms with E-state index in [4.69, 9.17) is 29.0 Å². The maximum atomic E-state index is 6.05. The third-order valence-corrected chi connectivity index (χ3v) is 5.05. The highest BCUT2D eigenvalue weighted by atomic mass is 35.5. The molecule has 0 aliphatic heterocycles. The first kappa shape index (κ1) is 15.7. The molecular formula is C15H16Cl2N2S. The van der Waals surface area contributed by atoms with E-state index in [1.165, 1.54) is 10.5 Å². The zero-order valence-electron chi connectivity index (χ0n) is 11.1. The van der Waals surface area contributed by atoms with Crippen molar-refractivity contribution in [3.63, 3.8) is 0 Å². The molecule has 20 heavy (non-hydrogen) atoms. The van der Waals surface area contributed by atoms with Crippen LogP contribution in [0.5, 0.6) is 0 Å². The molecule has 0 aliphatic carbocycles. The molecule has 2 nitrogen and oxygen atoms in total. The number of nitrogens with two attached hydrogens (primary N) is 1. The van der Waals surface area contributed by atoms with Crippen molar-refractivity contribution in [2.75, 3.05) is 5.75 Å². The van der Waals surface area contributed by atoms with Crippen molar-refractivity contribution >= 4 is 35.0 Å². The first-order valence-electron chi connectivity index (χ1n) is 6.21. The van der Waals surface area contributed by atoms with Crippen molar-refractivity contribution in [1.82, 2.24) is 5.43 Å². The average molecular weight is 327 g/mol. The van der Waals surface area contributed by atoms with Gasteiger partial charge in [0.15, 0.2) is 0 Å². The Kier molecular flexibility index (Phi) is 5.75. The van der Waals surface area contributed by atoms with Gasteiger partial charge in [-0.2, -0.15) is 0 Å². The molecule has 0 saturated carbocycles. The van der Waals surface area contributed by atoms with Gasteiger partial charge in [0.1, 0.15) is 0 Å². The molecule has 106 valence electrons. The smallest absolute Gasteiger partial charge is 0.0595 e. The Hall–Kier alpha value is -0.710. The Morgan fingerprint density at radius 2 is 1.90 bits per heavy atom. The van der Waals surface area contributed by atoms with Crippen molar-refractivity contribution in [3.05, 3.63) is 63.6 Å². The molecular weight excluding hydrogens is 311 g/mol. The molecule has 2 aromatic carbocycles. The molecule has 2 aromatic rings. The lowest BCUT2D eigenvalue weighted by molar-refractivity contribution is 0.611. The van der Waals surface area contributed by atoms with E-state index < -0.39 is 0 Å². The van der Waals surface area contributed by atoms with Crippen molar-refractivity contribution in [3.8, 4) is 0 Å². The van der Waals surface area contributed by atoms with Gasteiger partial charge in [-0.3, -0.25) is 11.3 Å². The Balaban J connectivity index is 2.09. The van der Waals surface area contributed by atoms with E-state index in [1.54, 1.807) is 17.8 Å². The molecule has 0 radical (unpaired) electrons. The fourth-order valence-corrected chi connectivity index (χ4v) is 3.27. The fourth-order valence-electron chi connectivity index (χ4n) is 1.86. The van der Waals surface area contributed by atoms with E-state index in [9.17, 15) is 0 Å². The van der Waals surface area contributed by atoms with Gasteiger partial charge in [-0.25, -0.2) is 0 Å². The molecule has 0 aliphatic rings. The van der Waals surface area contributed by atoms with Crippen LogP contribution in [-0.2, 0) is 0 Å². The Labute approximate surface area is 133 Å². The lowest BCUT2D eigenvalue weighted by atomic mass is 10.1. The number of hydrogen-bond donors (Lipinski definition) is 2. The van der Waals surface area contributed by atoms with Gasteiger partial charge in [-0.1, -0.05) is 47.5 Å². The highest BCUT2D eigenvalue weighted by Crippen LogP contribution is 2.30. The van der Waals surface area contributed by atoms with E-state index >= 15 is 0 Å². The van der Waals surface area contributed by atoms with Crippen LogP contribution in [0.4, 0.5) is 0 Å².